The van der Waals surface area contributed by atoms with E-state index in [2.05, 4.69) is 10.3 Å². The van der Waals surface area contributed by atoms with E-state index in [0.29, 0.717) is 12.3 Å². The lowest BCUT2D eigenvalue weighted by Crippen LogP contribution is -2.23. The highest BCUT2D eigenvalue weighted by atomic mass is 16.5. The zero-order valence-electron chi connectivity index (χ0n) is 14.0. The standard InChI is InChI=1S/C19H18N2O4/c1-23-15-8-6-14(7-9-15)18-17(21-12-25-18)19(22)20-11-13-4-3-5-16(10-13)24-2/h3-10,12H,11H2,1-2H3,(H,20,22). The average Bonchev–Trinajstić information content (AvgIpc) is 3.16. The topological polar surface area (TPSA) is 73.6 Å². The number of carbonyl (C=O) groups excluding carboxylic acids is 1. The second kappa shape index (κ2) is 7.53. The van der Waals surface area contributed by atoms with Gasteiger partial charge in [-0.2, -0.15) is 0 Å². The number of benzene rings is 2. The first-order valence-corrected chi connectivity index (χ1v) is 7.70. The summed E-state index contributed by atoms with van der Waals surface area (Å²) in [5.74, 6) is 1.59. The summed E-state index contributed by atoms with van der Waals surface area (Å²) in [6, 6.07) is 14.7. The van der Waals surface area contributed by atoms with Crippen molar-refractivity contribution in [1.82, 2.24) is 10.3 Å². The fraction of sp³-hybridized carbons (Fsp3) is 0.158. The predicted octanol–water partition coefficient (Wildman–Crippen LogP) is 3.29. The number of amides is 1. The summed E-state index contributed by atoms with van der Waals surface area (Å²) in [5, 5.41) is 2.84. The quantitative estimate of drug-likeness (QED) is 0.746. The first-order chi connectivity index (χ1) is 12.2. The van der Waals surface area contributed by atoms with E-state index in [9.17, 15) is 4.79 Å². The molecular weight excluding hydrogens is 320 g/mol. The van der Waals surface area contributed by atoms with E-state index in [1.165, 1.54) is 6.39 Å². The van der Waals surface area contributed by atoms with Gasteiger partial charge in [-0.3, -0.25) is 4.79 Å². The van der Waals surface area contributed by atoms with Crippen LogP contribution < -0.4 is 14.8 Å². The van der Waals surface area contributed by atoms with E-state index >= 15 is 0 Å². The zero-order valence-corrected chi connectivity index (χ0v) is 14.0. The van der Waals surface area contributed by atoms with Crippen molar-refractivity contribution in [3.63, 3.8) is 0 Å². The molecule has 128 valence electrons. The number of hydrogen-bond donors (Lipinski definition) is 1. The van der Waals surface area contributed by atoms with Gasteiger partial charge in [-0.15, -0.1) is 0 Å². The lowest BCUT2D eigenvalue weighted by Gasteiger charge is -2.07. The van der Waals surface area contributed by atoms with Crippen molar-refractivity contribution in [2.75, 3.05) is 14.2 Å². The molecule has 1 aromatic heterocycles. The molecule has 0 unspecified atom stereocenters. The minimum absolute atomic E-state index is 0.244. The van der Waals surface area contributed by atoms with Crippen molar-refractivity contribution in [3.05, 3.63) is 66.2 Å². The summed E-state index contributed by atoms with van der Waals surface area (Å²) in [7, 11) is 3.20. The smallest absolute Gasteiger partial charge is 0.274 e. The number of rotatable bonds is 6. The van der Waals surface area contributed by atoms with Crippen molar-refractivity contribution in [2.24, 2.45) is 0 Å². The molecule has 3 aromatic rings. The molecular formula is C19H18N2O4. The molecule has 0 saturated heterocycles. The largest absolute Gasteiger partial charge is 0.497 e. The van der Waals surface area contributed by atoms with E-state index in [-0.39, 0.29) is 11.6 Å². The van der Waals surface area contributed by atoms with Gasteiger partial charge in [-0.25, -0.2) is 4.98 Å². The number of nitrogens with one attached hydrogen (secondary N) is 1. The van der Waals surface area contributed by atoms with Gasteiger partial charge in [0.25, 0.3) is 5.91 Å². The van der Waals surface area contributed by atoms with Crippen LogP contribution in [-0.2, 0) is 6.54 Å². The van der Waals surface area contributed by atoms with Gasteiger partial charge >= 0.3 is 0 Å². The van der Waals surface area contributed by atoms with Crippen LogP contribution in [0.2, 0.25) is 0 Å². The third-order valence-corrected chi connectivity index (χ3v) is 3.72. The maximum absolute atomic E-state index is 12.5. The fourth-order valence-electron chi connectivity index (χ4n) is 2.40. The molecule has 0 aliphatic rings. The van der Waals surface area contributed by atoms with Gasteiger partial charge in [0, 0.05) is 12.1 Å². The molecule has 0 aliphatic carbocycles. The van der Waals surface area contributed by atoms with Crippen LogP contribution in [0.15, 0.2) is 59.3 Å². The number of nitrogens with zero attached hydrogens (tertiary/aromatic N) is 1. The van der Waals surface area contributed by atoms with Crippen molar-refractivity contribution in [1.29, 1.82) is 0 Å². The molecule has 1 heterocycles. The van der Waals surface area contributed by atoms with Crippen LogP contribution in [0, 0.1) is 0 Å². The average molecular weight is 338 g/mol. The van der Waals surface area contributed by atoms with Crippen molar-refractivity contribution in [2.45, 2.75) is 6.54 Å². The number of aromatic nitrogens is 1. The molecule has 0 radical (unpaired) electrons. The van der Waals surface area contributed by atoms with Crippen molar-refractivity contribution in [3.8, 4) is 22.8 Å². The normalized spacial score (nSPS) is 10.3. The van der Waals surface area contributed by atoms with Crippen LogP contribution in [0.25, 0.3) is 11.3 Å². The number of methoxy groups -OCH3 is 2. The first-order valence-electron chi connectivity index (χ1n) is 7.70. The third-order valence-electron chi connectivity index (χ3n) is 3.72. The summed E-state index contributed by atoms with van der Waals surface area (Å²) < 4.78 is 15.7. The first kappa shape index (κ1) is 16.6. The maximum Gasteiger partial charge on any atom is 0.274 e. The summed E-state index contributed by atoms with van der Waals surface area (Å²) >= 11 is 0. The minimum atomic E-state index is -0.303. The van der Waals surface area contributed by atoms with Crippen molar-refractivity contribution >= 4 is 5.91 Å². The number of carbonyl (C=O) groups is 1. The molecule has 2 aromatic carbocycles. The molecule has 6 nitrogen and oxygen atoms in total. The van der Waals surface area contributed by atoms with Crippen LogP contribution >= 0.6 is 0 Å². The minimum Gasteiger partial charge on any atom is -0.497 e. The Kier molecular flexibility index (Phi) is 4.99. The summed E-state index contributed by atoms with van der Waals surface area (Å²) in [5.41, 5.74) is 1.93. The Hall–Kier alpha value is -3.28. The van der Waals surface area contributed by atoms with Gasteiger partial charge in [0.15, 0.2) is 17.8 Å². The van der Waals surface area contributed by atoms with E-state index in [4.69, 9.17) is 13.9 Å². The summed E-state index contributed by atoms with van der Waals surface area (Å²) in [6.45, 7) is 0.366. The molecule has 6 heteroatoms. The fourth-order valence-corrected chi connectivity index (χ4v) is 2.40. The Morgan fingerprint density at radius 2 is 1.84 bits per heavy atom. The molecule has 0 aliphatic heterocycles. The predicted molar refractivity (Wildman–Crippen MR) is 92.7 cm³/mol. The molecule has 0 bridgehead atoms. The van der Waals surface area contributed by atoms with Gasteiger partial charge in [0.1, 0.15) is 11.5 Å². The molecule has 25 heavy (non-hydrogen) atoms. The molecule has 0 saturated carbocycles. The Labute approximate surface area is 145 Å². The monoisotopic (exact) mass is 338 g/mol. The number of ether oxygens (including phenoxy) is 2. The SMILES string of the molecule is COc1ccc(-c2ocnc2C(=O)NCc2cccc(OC)c2)cc1. The second-order valence-corrected chi connectivity index (χ2v) is 5.29. The third kappa shape index (κ3) is 3.80. The molecule has 0 fully saturated rings. The Morgan fingerprint density at radius 3 is 2.56 bits per heavy atom. The highest BCUT2D eigenvalue weighted by Gasteiger charge is 2.18. The van der Waals surface area contributed by atoms with E-state index < -0.39 is 0 Å². The summed E-state index contributed by atoms with van der Waals surface area (Å²) in [6.07, 6.45) is 1.26. The van der Waals surface area contributed by atoms with Gasteiger partial charge in [-0.1, -0.05) is 12.1 Å². The highest BCUT2D eigenvalue weighted by Crippen LogP contribution is 2.25. The van der Waals surface area contributed by atoms with Gasteiger partial charge < -0.3 is 19.2 Å². The number of hydrogen-bond acceptors (Lipinski definition) is 5. The van der Waals surface area contributed by atoms with Crippen LogP contribution in [0.1, 0.15) is 16.1 Å². The van der Waals surface area contributed by atoms with Crippen molar-refractivity contribution < 1.29 is 18.7 Å². The Balaban J connectivity index is 1.73. The molecule has 3 rings (SSSR count). The molecule has 1 amide bonds. The van der Waals surface area contributed by atoms with E-state index in [1.54, 1.807) is 26.4 Å². The maximum atomic E-state index is 12.5. The van der Waals surface area contributed by atoms with Crippen LogP contribution in [0.4, 0.5) is 0 Å². The van der Waals surface area contributed by atoms with Gasteiger partial charge in [0.05, 0.1) is 14.2 Å². The number of oxazole rings is 1. The van der Waals surface area contributed by atoms with Crippen LogP contribution in [0.3, 0.4) is 0 Å². The highest BCUT2D eigenvalue weighted by molar-refractivity contribution is 5.97. The Bertz CT molecular complexity index is 856. The molecule has 0 atom stereocenters. The van der Waals surface area contributed by atoms with Gasteiger partial charge in [0.2, 0.25) is 0 Å². The molecule has 0 spiro atoms. The summed E-state index contributed by atoms with van der Waals surface area (Å²) in [4.78, 5) is 16.5. The second-order valence-electron chi connectivity index (χ2n) is 5.29. The van der Waals surface area contributed by atoms with Gasteiger partial charge in [-0.05, 0) is 42.0 Å². The van der Waals surface area contributed by atoms with Crippen LogP contribution in [0.5, 0.6) is 11.5 Å². The van der Waals surface area contributed by atoms with E-state index in [1.807, 2.05) is 36.4 Å². The molecule has 1 N–H and O–H groups in total. The van der Waals surface area contributed by atoms with Crippen LogP contribution in [-0.4, -0.2) is 25.1 Å². The zero-order chi connectivity index (χ0) is 17.6. The lowest BCUT2D eigenvalue weighted by atomic mass is 10.1. The Morgan fingerprint density at radius 1 is 1.08 bits per heavy atom. The lowest BCUT2D eigenvalue weighted by molar-refractivity contribution is 0.0946. The van der Waals surface area contributed by atoms with E-state index in [0.717, 1.165) is 22.6 Å².